The van der Waals surface area contributed by atoms with Gasteiger partial charge in [0.05, 0.1) is 52.9 Å². The monoisotopic (exact) mass is 266 g/mol. The molecule has 7 nitrogen and oxygen atoms in total. The first-order valence-corrected chi connectivity index (χ1v) is 6.22. The van der Waals surface area contributed by atoms with Crippen molar-refractivity contribution in [1.82, 2.24) is 0 Å². The molecule has 0 fully saturated rings. The summed E-state index contributed by atoms with van der Waals surface area (Å²) in [5.74, 6) is 0. The van der Waals surface area contributed by atoms with E-state index in [1.54, 1.807) is 0 Å². The number of aliphatic hydroxyl groups excluding tert-OH is 1. The van der Waals surface area contributed by atoms with Gasteiger partial charge >= 0.3 is 0 Å². The van der Waals surface area contributed by atoms with Crippen LogP contribution in [-0.4, -0.2) is 70.7 Å². The first kappa shape index (κ1) is 17.7. The van der Waals surface area contributed by atoms with Crippen molar-refractivity contribution < 1.29 is 24.1 Å². The molecule has 0 aromatic heterocycles. The Hall–Kier alpha value is -0.280. The normalized spacial score (nSPS) is 12.8. The van der Waals surface area contributed by atoms with Crippen LogP contribution in [0.4, 0.5) is 0 Å². The van der Waals surface area contributed by atoms with E-state index in [-0.39, 0.29) is 12.8 Å². The second-order valence-corrected chi connectivity index (χ2v) is 3.55. The highest BCUT2D eigenvalue weighted by molar-refractivity contribution is 4.47. The Morgan fingerprint density at radius 3 is 1.83 bits per heavy atom. The van der Waals surface area contributed by atoms with Crippen molar-refractivity contribution in [3.63, 3.8) is 0 Å². The van der Waals surface area contributed by atoms with Crippen LogP contribution in [0.2, 0.25) is 0 Å². The molecule has 110 valence electrons. The minimum atomic E-state index is -0.307. The van der Waals surface area contributed by atoms with Gasteiger partial charge in [0.15, 0.2) is 0 Å². The van der Waals surface area contributed by atoms with Gasteiger partial charge in [-0.05, 0) is 13.0 Å². The SMILES string of the molecule is NCCC(N)OCCOCCOCCOCCO. The van der Waals surface area contributed by atoms with Crippen molar-refractivity contribution in [3.05, 3.63) is 0 Å². The van der Waals surface area contributed by atoms with Crippen LogP contribution in [0.3, 0.4) is 0 Å². The fourth-order valence-corrected chi connectivity index (χ4v) is 1.11. The fourth-order valence-electron chi connectivity index (χ4n) is 1.11. The second-order valence-electron chi connectivity index (χ2n) is 3.55. The van der Waals surface area contributed by atoms with Crippen LogP contribution in [-0.2, 0) is 18.9 Å². The zero-order chi connectivity index (χ0) is 13.5. The van der Waals surface area contributed by atoms with Gasteiger partial charge in [0.25, 0.3) is 0 Å². The van der Waals surface area contributed by atoms with Crippen molar-refractivity contribution in [2.24, 2.45) is 11.5 Å². The van der Waals surface area contributed by atoms with Crippen LogP contribution in [0.25, 0.3) is 0 Å². The van der Waals surface area contributed by atoms with Crippen LogP contribution in [0.15, 0.2) is 0 Å². The zero-order valence-corrected chi connectivity index (χ0v) is 10.9. The van der Waals surface area contributed by atoms with E-state index >= 15 is 0 Å². The molecule has 0 aliphatic heterocycles. The lowest BCUT2D eigenvalue weighted by molar-refractivity contribution is -0.0201. The summed E-state index contributed by atoms with van der Waals surface area (Å²) in [4.78, 5) is 0. The second kappa shape index (κ2) is 14.8. The first-order chi connectivity index (χ1) is 8.81. The molecular weight excluding hydrogens is 240 g/mol. The van der Waals surface area contributed by atoms with E-state index in [4.69, 9.17) is 35.5 Å². The summed E-state index contributed by atoms with van der Waals surface area (Å²) in [5.41, 5.74) is 10.9. The molecule has 1 unspecified atom stereocenters. The van der Waals surface area contributed by atoms with Gasteiger partial charge in [-0.1, -0.05) is 0 Å². The maximum atomic E-state index is 8.45. The summed E-state index contributed by atoms with van der Waals surface area (Å²) < 4.78 is 20.8. The fraction of sp³-hybridized carbons (Fsp3) is 1.00. The Labute approximate surface area is 108 Å². The maximum Gasteiger partial charge on any atom is 0.106 e. The molecule has 18 heavy (non-hydrogen) atoms. The molecule has 7 heteroatoms. The van der Waals surface area contributed by atoms with Gasteiger partial charge in [-0.15, -0.1) is 0 Å². The molecule has 0 saturated heterocycles. The number of rotatable bonds is 14. The first-order valence-electron chi connectivity index (χ1n) is 6.22. The zero-order valence-electron chi connectivity index (χ0n) is 10.9. The van der Waals surface area contributed by atoms with Gasteiger partial charge in [-0.25, -0.2) is 0 Å². The number of aliphatic hydroxyl groups is 1. The van der Waals surface area contributed by atoms with E-state index in [1.165, 1.54) is 0 Å². The summed E-state index contributed by atoms with van der Waals surface area (Å²) >= 11 is 0. The summed E-state index contributed by atoms with van der Waals surface area (Å²) in [6.45, 7) is 3.86. The van der Waals surface area contributed by atoms with Crippen molar-refractivity contribution in [3.8, 4) is 0 Å². The maximum absolute atomic E-state index is 8.45. The van der Waals surface area contributed by atoms with Gasteiger partial charge in [-0.3, -0.25) is 0 Å². The standard InChI is InChI=1S/C11H26N2O5/c12-2-1-11(13)18-10-9-17-8-7-16-6-5-15-4-3-14/h11,14H,1-10,12-13H2. The number of nitrogens with two attached hydrogens (primary N) is 2. The van der Waals surface area contributed by atoms with Gasteiger partial charge in [0.1, 0.15) is 6.23 Å². The highest BCUT2D eigenvalue weighted by Gasteiger charge is 1.99. The Morgan fingerprint density at radius 1 is 0.833 bits per heavy atom. The quantitative estimate of drug-likeness (QED) is 0.264. The minimum absolute atomic E-state index is 0.0371. The van der Waals surface area contributed by atoms with Gasteiger partial charge < -0.3 is 35.5 Å². The van der Waals surface area contributed by atoms with E-state index in [0.29, 0.717) is 59.2 Å². The average molecular weight is 266 g/mol. The lowest BCUT2D eigenvalue weighted by atomic mass is 10.4. The molecule has 0 heterocycles. The van der Waals surface area contributed by atoms with Crippen molar-refractivity contribution in [1.29, 1.82) is 0 Å². The molecular formula is C11H26N2O5. The molecule has 0 aliphatic rings. The van der Waals surface area contributed by atoms with Gasteiger partial charge in [0, 0.05) is 0 Å². The molecule has 5 N–H and O–H groups in total. The van der Waals surface area contributed by atoms with Crippen molar-refractivity contribution in [2.45, 2.75) is 12.6 Å². The van der Waals surface area contributed by atoms with Crippen LogP contribution < -0.4 is 11.5 Å². The van der Waals surface area contributed by atoms with E-state index in [0.717, 1.165) is 0 Å². The number of hydrogen-bond acceptors (Lipinski definition) is 7. The van der Waals surface area contributed by atoms with Gasteiger partial charge in [0.2, 0.25) is 0 Å². The van der Waals surface area contributed by atoms with E-state index in [9.17, 15) is 0 Å². The molecule has 0 amide bonds. The highest BCUT2D eigenvalue weighted by atomic mass is 16.6. The highest BCUT2D eigenvalue weighted by Crippen LogP contribution is 1.89. The minimum Gasteiger partial charge on any atom is -0.394 e. The average Bonchev–Trinajstić information content (AvgIpc) is 2.36. The van der Waals surface area contributed by atoms with Crippen molar-refractivity contribution >= 4 is 0 Å². The molecule has 0 aromatic carbocycles. The van der Waals surface area contributed by atoms with Crippen LogP contribution in [0.5, 0.6) is 0 Å². The summed E-state index contributed by atoms with van der Waals surface area (Å²) in [6, 6.07) is 0. The third kappa shape index (κ3) is 13.8. The topological polar surface area (TPSA) is 109 Å². The molecule has 0 aliphatic carbocycles. The van der Waals surface area contributed by atoms with E-state index in [1.807, 2.05) is 0 Å². The van der Waals surface area contributed by atoms with Crippen molar-refractivity contribution in [2.75, 3.05) is 59.4 Å². The Bertz CT molecular complexity index is 162. The third-order valence-electron chi connectivity index (χ3n) is 1.99. The predicted octanol–water partition coefficient (Wildman–Crippen LogP) is -1.32. The molecule has 0 aromatic rings. The van der Waals surface area contributed by atoms with Crippen LogP contribution >= 0.6 is 0 Å². The smallest absolute Gasteiger partial charge is 0.106 e. The molecule has 0 spiro atoms. The summed E-state index contributed by atoms with van der Waals surface area (Å²) in [5, 5.41) is 8.45. The lowest BCUT2D eigenvalue weighted by Gasteiger charge is -2.11. The number of hydrogen-bond donors (Lipinski definition) is 3. The molecule has 0 bridgehead atoms. The lowest BCUT2D eigenvalue weighted by Crippen LogP contribution is -2.28. The van der Waals surface area contributed by atoms with Crippen LogP contribution in [0, 0.1) is 0 Å². The molecule has 0 saturated carbocycles. The van der Waals surface area contributed by atoms with Gasteiger partial charge in [-0.2, -0.15) is 0 Å². The summed E-state index contributed by atoms with van der Waals surface area (Å²) in [6.07, 6.45) is 0.343. The number of ether oxygens (including phenoxy) is 4. The summed E-state index contributed by atoms with van der Waals surface area (Å²) in [7, 11) is 0. The third-order valence-corrected chi connectivity index (χ3v) is 1.99. The van der Waals surface area contributed by atoms with E-state index in [2.05, 4.69) is 0 Å². The molecule has 0 rings (SSSR count). The van der Waals surface area contributed by atoms with E-state index < -0.39 is 0 Å². The molecule has 1 atom stereocenters. The van der Waals surface area contributed by atoms with Crippen LogP contribution in [0.1, 0.15) is 6.42 Å². The Morgan fingerprint density at radius 2 is 1.33 bits per heavy atom. The predicted molar refractivity (Wildman–Crippen MR) is 67.1 cm³/mol. The Kier molecular flexibility index (Phi) is 14.5. The Balaban J connectivity index is 2.98. The largest absolute Gasteiger partial charge is 0.394 e. The molecule has 0 radical (unpaired) electrons.